The molecular formula is C57H83N7O13. The van der Waals surface area contributed by atoms with Gasteiger partial charge in [0.05, 0.1) is 36.6 Å². The van der Waals surface area contributed by atoms with E-state index in [4.69, 9.17) is 14.2 Å². The van der Waals surface area contributed by atoms with Crippen LogP contribution in [0.25, 0.3) is 0 Å². The van der Waals surface area contributed by atoms with Crippen LogP contribution in [0.4, 0.5) is 10.5 Å². The van der Waals surface area contributed by atoms with Crippen LogP contribution < -0.4 is 16.0 Å². The molecule has 9 atom stereocenters. The van der Waals surface area contributed by atoms with E-state index in [9.17, 15) is 48.3 Å². The van der Waals surface area contributed by atoms with E-state index in [-0.39, 0.29) is 55.4 Å². The molecule has 0 aliphatic carbocycles. The summed E-state index contributed by atoms with van der Waals surface area (Å²) in [6, 6.07) is 11.5. The smallest absolute Gasteiger partial charge is 0.410 e. The zero-order chi connectivity index (χ0) is 57.1. The van der Waals surface area contributed by atoms with Gasteiger partial charge >= 0.3 is 12.1 Å². The fourth-order valence-electron chi connectivity index (χ4n) is 10.2. The number of benzene rings is 2. The second kappa shape index (κ2) is 30.3. The van der Waals surface area contributed by atoms with Crippen LogP contribution in [0.1, 0.15) is 111 Å². The Kier molecular flexibility index (Phi) is 24.8. The average molecular weight is 1070 g/mol. The van der Waals surface area contributed by atoms with Gasteiger partial charge in [0.15, 0.2) is 0 Å². The molecule has 2 aliphatic heterocycles. The molecule has 0 spiro atoms. The van der Waals surface area contributed by atoms with Gasteiger partial charge in [0, 0.05) is 72.1 Å². The highest BCUT2D eigenvalue weighted by Crippen LogP contribution is 2.30. The predicted octanol–water partition coefficient (Wildman–Crippen LogP) is 5.58. The molecule has 8 amide bonds. The standard InChI is InChI=1S/C57H83N7O13/c1-12-37(6)51(44(75-10)33-48(68)63-31-19-22-43(63)52(76-11)38(7)53(69)59-42(56(72)73)32-39-20-15-13-16-21-39)61(8)55(71)49(35(2)3)60-54(70)50(36(4)5)62(9)57(74)77-34-40-24-26-41(27-25-40)58-45(65)23-17-14-18-30-64-46(66)28-29-47(64)67/h13,15-16,20-21,24-29,35-38,42-44,49-52H,12,14,17-19,22-23,30-34H2,1-11H3,(H,58,65)(H,59,69)(H,60,70)(H,72,73)/t37-,38+,42-,43-,44+,49-,50?,51-,52+/m0/s1. The minimum atomic E-state index is -1.17. The maximum absolute atomic E-state index is 14.7. The molecule has 4 N–H and O–H groups in total. The first-order valence-corrected chi connectivity index (χ1v) is 26.9. The first kappa shape index (κ1) is 62.9. The van der Waals surface area contributed by atoms with Gasteiger partial charge in [-0.25, -0.2) is 9.59 Å². The minimum Gasteiger partial charge on any atom is -0.480 e. The summed E-state index contributed by atoms with van der Waals surface area (Å²) in [6.45, 7) is 13.4. The Morgan fingerprint density at radius 3 is 2.00 bits per heavy atom. The van der Waals surface area contributed by atoms with E-state index >= 15 is 0 Å². The summed E-state index contributed by atoms with van der Waals surface area (Å²) in [5, 5.41) is 18.4. The lowest BCUT2D eigenvalue weighted by atomic mass is 9.89. The molecule has 1 saturated heterocycles. The largest absolute Gasteiger partial charge is 0.480 e. The molecular weight excluding hydrogens is 991 g/mol. The third kappa shape index (κ3) is 17.7. The van der Waals surface area contributed by atoms with Gasteiger partial charge in [-0.1, -0.05) is 104 Å². The zero-order valence-corrected chi connectivity index (χ0v) is 46.8. The lowest BCUT2D eigenvalue weighted by molar-refractivity contribution is -0.148. The van der Waals surface area contributed by atoms with Crippen molar-refractivity contribution in [3.8, 4) is 0 Å². The fourth-order valence-corrected chi connectivity index (χ4v) is 10.2. The summed E-state index contributed by atoms with van der Waals surface area (Å²) in [7, 11) is 6.05. The van der Waals surface area contributed by atoms with E-state index < -0.39 is 90.0 Å². The Hall–Kier alpha value is -6.67. The number of imide groups is 1. The van der Waals surface area contributed by atoms with E-state index in [0.29, 0.717) is 62.9 Å². The molecule has 0 aromatic heterocycles. The van der Waals surface area contributed by atoms with Gasteiger partial charge in [-0.05, 0) is 66.7 Å². The summed E-state index contributed by atoms with van der Waals surface area (Å²) in [6.07, 6.45) is 4.11. The normalized spacial score (nSPS) is 17.5. The number of carbonyl (C=O) groups excluding carboxylic acids is 8. The number of rotatable bonds is 30. The van der Waals surface area contributed by atoms with Crippen LogP contribution in [0.15, 0.2) is 66.7 Å². The van der Waals surface area contributed by atoms with Gasteiger partial charge < -0.3 is 45.1 Å². The summed E-state index contributed by atoms with van der Waals surface area (Å²) >= 11 is 0. The number of hydrogen-bond acceptors (Lipinski definition) is 12. The van der Waals surface area contributed by atoms with Crippen molar-refractivity contribution >= 4 is 59.1 Å². The van der Waals surface area contributed by atoms with Gasteiger partial charge in [-0.3, -0.25) is 43.4 Å². The Balaban J connectivity index is 1.35. The lowest BCUT2D eigenvalue weighted by Crippen LogP contribution is -2.60. The number of carbonyl (C=O) groups is 9. The van der Waals surface area contributed by atoms with Gasteiger partial charge in [0.1, 0.15) is 24.7 Å². The van der Waals surface area contributed by atoms with Crippen molar-refractivity contribution in [2.75, 3.05) is 46.7 Å². The number of methoxy groups -OCH3 is 2. The molecule has 77 heavy (non-hydrogen) atoms. The summed E-state index contributed by atoms with van der Waals surface area (Å²) in [5.74, 6) is -5.51. The van der Waals surface area contributed by atoms with Gasteiger partial charge in [0.25, 0.3) is 11.8 Å². The molecule has 2 heterocycles. The number of amides is 8. The topological polar surface area (TPSA) is 251 Å². The van der Waals surface area contributed by atoms with E-state index in [0.717, 1.165) is 5.56 Å². The third-order valence-corrected chi connectivity index (χ3v) is 14.8. The van der Waals surface area contributed by atoms with Crippen molar-refractivity contribution in [3.63, 3.8) is 0 Å². The van der Waals surface area contributed by atoms with Crippen LogP contribution in [-0.2, 0) is 65.6 Å². The van der Waals surface area contributed by atoms with Crippen molar-refractivity contribution in [2.45, 2.75) is 155 Å². The number of ether oxygens (including phenoxy) is 3. The first-order chi connectivity index (χ1) is 36.5. The highest BCUT2D eigenvalue weighted by Gasteiger charge is 2.44. The number of nitrogens with one attached hydrogen (secondary N) is 3. The van der Waals surface area contributed by atoms with Crippen molar-refractivity contribution in [1.29, 1.82) is 0 Å². The Labute approximate surface area is 453 Å². The van der Waals surface area contributed by atoms with Gasteiger partial charge in [-0.15, -0.1) is 0 Å². The van der Waals surface area contributed by atoms with Crippen LogP contribution >= 0.6 is 0 Å². The number of likely N-dealkylation sites (tertiary alicyclic amines) is 1. The van der Waals surface area contributed by atoms with E-state index in [1.54, 1.807) is 86.1 Å². The highest BCUT2D eigenvalue weighted by molar-refractivity contribution is 6.12. The van der Waals surface area contributed by atoms with Crippen LogP contribution in [0.3, 0.4) is 0 Å². The zero-order valence-electron chi connectivity index (χ0n) is 46.8. The van der Waals surface area contributed by atoms with Gasteiger partial charge in [0.2, 0.25) is 29.5 Å². The molecule has 1 fully saturated rings. The van der Waals surface area contributed by atoms with Crippen molar-refractivity contribution in [2.24, 2.45) is 23.7 Å². The highest BCUT2D eigenvalue weighted by atomic mass is 16.6. The molecule has 0 saturated carbocycles. The number of anilines is 1. The number of likely N-dealkylation sites (N-methyl/N-ethyl adjacent to an activating group) is 2. The molecule has 2 aromatic carbocycles. The number of unbranched alkanes of at least 4 members (excludes halogenated alkanes) is 2. The van der Waals surface area contributed by atoms with Crippen LogP contribution in [-0.4, -0.2) is 162 Å². The van der Waals surface area contributed by atoms with Crippen LogP contribution in [0.2, 0.25) is 0 Å². The molecule has 20 heteroatoms. The molecule has 0 bridgehead atoms. The number of carboxylic acids is 1. The molecule has 2 aliphatic rings. The Morgan fingerprint density at radius 2 is 1.43 bits per heavy atom. The molecule has 424 valence electrons. The Morgan fingerprint density at radius 1 is 0.779 bits per heavy atom. The summed E-state index contributed by atoms with van der Waals surface area (Å²) < 4.78 is 17.6. The Bertz CT molecular complexity index is 2350. The lowest BCUT2D eigenvalue weighted by Gasteiger charge is -2.41. The molecule has 4 rings (SSSR count). The minimum absolute atomic E-state index is 0.0927. The number of aliphatic carboxylic acids is 1. The van der Waals surface area contributed by atoms with E-state index in [2.05, 4.69) is 16.0 Å². The van der Waals surface area contributed by atoms with Crippen LogP contribution in [0.5, 0.6) is 0 Å². The molecule has 0 radical (unpaired) electrons. The fraction of sp³-hybridized carbons (Fsp3) is 0.596. The van der Waals surface area contributed by atoms with Crippen molar-refractivity contribution < 1.29 is 62.5 Å². The monoisotopic (exact) mass is 1070 g/mol. The number of hydrogen-bond donors (Lipinski definition) is 4. The molecule has 20 nitrogen and oxygen atoms in total. The van der Waals surface area contributed by atoms with Crippen molar-refractivity contribution in [3.05, 3.63) is 77.9 Å². The number of carboxylic acid groups (broad SMARTS) is 1. The second-order valence-corrected chi connectivity index (χ2v) is 21.0. The van der Waals surface area contributed by atoms with Crippen LogP contribution in [0, 0.1) is 23.7 Å². The second-order valence-electron chi connectivity index (χ2n) is 21.0. The third-order valence-electron chi connectivity index (χ3n) is 14.8. The summed E-state index contributed by atoms with van der Waals surface area (Å²) in [4.78, 5) is 124. The average Bonchev–Trinajstić information content (AvgIpc) is 4.02. The number of nitrogens with zero attached hydrogens (tertiary/aromatic N) is 4. The maximum atomic E-state index is 14.7. The first-order valence-electron chi connectivity index (χ1n) is 26.9. The molecule has 1 unspecified atom stereocenters. The quantitative estimate of drug-likeness (QED) is 0.0552. The predicted molar refractivity (Wildman–Crippen MR) is 289 cm³/mol. The SMILES string of the molecule is CC[C@H](C)[C@@H]([C@@H](CC(=O)N1CCC[C@H]1[C@H](OC)[C@@H](C)C(=O)N[C@@H](Cc1ccccc1)C(=O)O)OC)N(C)C(=O)[C@@H](NC(=O)C(C(C)C)N(C)C(=O)OCc1ccc(NC(=O)CCCCCN2C(=O)C=CC2=O)cc1)C(C)C. The molecule has 2 aromatic rings. The summed E-state index contributed by atoms with van der Waals surface area (Å²) in [5.41, 5.74) is 1.94. The van der Waals surface area contributed by atoms with E-state index in [1.807, 2.05) is 33.8 Å². The van der Waals surface area contributed by atoms with Crippen molar-refractivity contribution in [1.82, 2.24) is 30.2 Å². The maximum Gasteiger partial charge on any atom is 0.410 e. The van der Waals surface area contributed by atoms with Gasteiger partial charge in [-0.2, -0.15) is 0 Å². The van der Waals surface area contributed by atoms with E-state index in [1.165, 1.54) is 43.2 Å².